The molecule has 0 spiro atoms. The third-order valence-electron chi connectivity index (χ3n) is 0.289. The zero-order valence-electron chi connectivity index (χ0n) is 3.12. The average Bonchev–Trinajstić information content (AvgIpc) is 1.37. The molecule has 0 aromatic heterocycles. The molecule has 0 heterocycles. The topological polar surface area (TPSA) is 9.23 Å². The van der Waals surface area contributed by atoms with Crippen LogP contribution in [0.5, 0.6) is 0 Å². The van der Waals surface area contributed by atoms with Crippen LogP contribution in [0.1, 0.15) is 0 Å². The Balaban J connectivity index is 1.97. The Labute approximate surface area is 28.5 Å². The molecule has 0 atom stereocenters. The average molecular weight is 80.1 g/mol. The van der Waals surface area contributed by atoms with Crippen LogP contribution >= 0.6 is 9.24 Å². The van der Waals surface area contributed by atoms with Crippen molar-refractivity contribution < 1.29 is 4.74 Å². The maximum atomic E-state index is 4.60. The van der Waals surface area contributed by atoms with Crippen LogP contribution in [-0.4, -0.2) is 13.5 Å². The van der Waals surface area contributed by atoms with Crippen molar-refractivity contribution in [1.82, 2.24) is 0 Å². The van der Waals surface area contributed by atoms with Gasteiger partial charge in [0.1, 0.15) is 0 Å². The zero-order valence-corrected chi connectivity index (χ0v) is 5.12. The van der Waals surface area contributed by atoms with Crippen LogP contribution in [0.4, 0.5) is 0 Å². The second-order valence-electron chi connectivity index (χ2n) is 0.577. The molecule has 0 amide bonds. The zero-order chi connectivity index (χ0) is 3.41. The van der Waals surface area contributed by atoms with Gasteiger partial charge in [-0.05, 0) is 0 Å². The fourth-order valence-electron chi connectivity index (χ4n) is 0. The first-order valence-corrected chi connectivity index (χ1v) is 2.82. The summed E-state index contributed by atoms with van der Waals surface area (Å²) in [6.07, 6.45) is 0.958. The predicted octanol–water partition coefficient (Wildman–Crippen LogP) is -0.0700. The van der Waals surface area contributed by atoms with Gasteiger partial charge in [-0.3, -0.25) is 0 Å². The fraction of sp³-hybridized carbons (Fsp3) is 1.00. The van der Waals surface area contributed by atoms with Gasteiger partial charge in [-0.15, -0.1) is 0 Å². The van der Waals surface area contributed by atoms with Crippen molar-refractivity contribution in [3.05, 3.63) is 0 Å². The van der Waals surface area contributed by atoms with Crippen LogP contribution in [0.25, 0.3) is 0 Å². The summed E-state index contributed by atoms with van der Waals surface area (Å²) in [7, 11) is 2.88. The van der Waals surface area contributed by atoms with Crippen LogP contribution in [0.3, 0.4) is 0 Å². The number of ether oxygens (including phenoxy) is 1. The molecule has 0 fully saturated rings. The number of hydrogen-bond donors (Lipinski definition) is 0. The monoisotopic (exact) mass is 80.0 g/mol. The van der Waals surface area contributed by atoms with Crippen molar-refractivity contribution >= 4 is 9.24 Å². The summed E-state index contributed by atoms with van der Waals surface area (Å²) < 4.78 is 4.60. The van der Waals surface area contributed by atoms with Crippen LogP contribution in [0.15, 0.2) is 0 Å². The second kappa shape index (κ2) is 3.39. The maximum absolute atomic E-state index is 4.60. The van der Waals surface area contributed by atoms with Gasteiger partial charge in [0.25, 0.3) is 0 Å². The van der Waals surface area contributed by atoms with Gasteiger partial charge in [0, 0.05) is 0 Å². The molecule has 1 nitrogen and oxygen atoms in total. The van der Waals surface area contributed by atoms with Gasteiger partial charge in [0.2, 0.25) is 0 Å². The summed E-state index contributed by atoms with van der Waals surface area (Å²) in [6.45, 7) is 0. The molecule has 0 aliphatic rings. The second-order valence-corrected chi connectivity index (χ2v) is 1.15. The Morgan fingerprint density at radius 3 is 2.25 bits per heavy atom. The molecule has 0 saturated carbocycles. The summed E-state index contributed by atoms with van der Waals surface area (Å²) in [6, 6.07) is 0. The van der Waals surface area contributed by atoms with Gasteiger partial charge in [-0.25, -0.2) is 0 Å². The number of methoxy groups -OCH3 is 1. The number of hydrogen-bond acceptors (Lipinski definition) is 1. The van der Waals surface area contributed by atoms with Gasteiger partial charge < -0.3 is 0 Å². The van der Waals surface area contributed by atoms with E-state index in [1.165, 1.54) is 9.24 Å². The van der Waals surface area contributed by atoms with Gasteiger partial charge in [-0.2, -0.15) is 0 Å². The molecule has 0 radical (unpaired) electrons. The standard InChI is InChI=1S/C2H9OP/c1-3-2-4/h2H2,1H3,4H4. The van der Waals surface area contributed by atoms with Crippen LogP contribution in [0, 0.1) is 0 Å². The SMILES string of the molecule is COC[PH4]. The normalized spacial score (nSPS) is 7.75. The Bertz CT molecular complexity index is 8.00. The van der Waals surface area contributed by atoms with E-state index in [4.69, 9.17) is 0 Å². The van der Waals surface area contributed by atoms with Crippen molar-refractivity contribution in [1.29, 1.82) is 0 Å². The fourth-order valence-corrected chi connectivity index (χ4v) is 0. The Kier molecular flexibility index (Phi) is 3.72. The molecular formula is C2H9OP. The summed E-state index contributed by atoms with van der Waals surface area (Å²) in [4.78, 5) is 0. The number of rotatable bonds is 1. The van der Waals surface area contributed by atoms with E-state index in [1.54, 1.807) is 7.11 Å². The van der Waals surface area contributed by atoms with Gasteiger partial charge in [0.05, 0.1) is 0 Å². The van der Waals surface area contributed by atoms with Crippen molar-refractivity contribution in [2.45, 2.75) is 0 Å². The van der Waals surface area contributed by atoms with E-state index in [0.29, 0.717) is 0 Å². The minimum absolute atomic E-state index is 0.958. The molecule has 0 N–H and O–H groups in total. The molecule has 0 aromatic carbocycles. The molecular weight excluding hydrogens is 71.0 g/mol. The molecule has 0 saturated heterocycles. The van der Waals surface area contributed by atoms with Crippen molar-refractivity contribution in [2.75, 3.05) is 13.5 Å². The first-order valence-electron chi connectivity index (χ1n) is 1.40. The van der Waals surface area contributed by atoms with Crippen molar-refractivity contribution in [3.8, 4) is 0 Å². The quantitative estimate of drug-likeness (QED) is 0.400. The van der Waals surface area contributed by atoms with Gasteiger partial charge >= 0.3 is 27.4 Å². The van der Waals surface area contributed by atoms with E-state index >= 15 is 0 Å². The summed E-state index contributed by atoms with van der Waals surface area (Å²) >= 11 is 0. The van der Waals surface area contributed by atoms with Crippen molar-refractivity contribution in [3.63, 3.8) is 0 Å². The van der Waals surface area contributed by atoms with E-state index in [1.807, 2.05) is 0 Å². The Morgan fingerprint density at radius 2 is 2.25 bits per heavy atom. The molecule has 0 aliphatic carbocycles. The van der Waals surface area contributed by atoms with E-state index < -0.39 is 0 Å². The summed E-state index contributed by atoms with van der Waals surface area (Å²) in [5, 5.41) is 0. The minimum atomic E-state index is 0.958. The van der Waals surface area contributed by atoms with Crippen LogP contribution < -0.4 is 0 Å². The molecule has 28 valence electrons. The summed E-state index contributed by atoms with van der Waals surface area (Å²) in [5.74, 6) is 0. The summed E-state index contributed by atoms with van der Waals surface area (Å²) in [5.41, 5.74) is 0. The third-order valence-corrected chi connectivity index (χ3v) is 0.866. The Hall–Kier alpha value is 0.390. The van der Waals surface area contributed by atoms with Gasteiger partial charge in [-0.1, -0.05) is 0 Å². The first-order chi connectivity index (χ1) is 1.91. The molecule has 0 aromatic rings. The molecule has 4 heavy (non-hydrogen) atoms. The van der Waals surface area contributed by atoms with E-state index in [-0.39, 0.29) is 0 Å². The van der Waals surface area contributed by atoms with E-state index in [9.17, 15) is 0 Å². The molecule has 0 aliphatic heterocycles. The first kappa shape index (κ1) is 4.39. The molecule has 0 unspecified atom stereocenters. The molecule has 2 heteroatoms. The van der Waals surface area contributed by atoms with Crippen LogP contribution in [-0.2, 0) is 4.74 Å². The van der Waals surface area contributed by atoms with Crippen molar-refractivity contribution in [2.24, 2.45) is 0 Å². The predicted molar refractivity (Wildman–Crippen MR) is 24.4 cm³/mol. The van der Waals surface area contributed by atoms with E-state index in [2.05, 4.69) is 4.74 Å². The van der Waals surface area contributed by atoms with Crippen LogP contribution in [0.2, 0.25) is 0 Å². The Morgan fingerprint density at radius 1 is 2.00 bits per heavy atom. The van der Waals surface area contributed by atoms with E-state index in [0.717, 1.165) is 6.35 Å². The van der Waals surface area contributed by atoms with Gasteiger partial charge in [0.15, 0.2) is 0 Å². The molecule has 0 rings (SSSR count). The molecule has 0 bridgehead atoms. The third kappa shape index (κ3) is 2.39.